The Morgan fingerprint density at radius 2 is 2.14 bits per heavy atom. The molecule has 1 aliphatic carbocycles. The Hall–Kier alpha value is -1.37. The third-order valence-corrected chi connectivity index (χ3v) is 4.76. The van der Waals surface area contributed by atoms with Crippen LogP contribution in [0.4, 0.5) is 0 Å². The zero-order valence-electron chi connectivity index (χ0n) is 12.3. The summed E-state index contributed by atoms with van der Waals surface area (Å²) >= 11 is 1.53. The Morgan fingerprint density at radius 3 is 2.90 bits per heavy atom. The van der Waals surface area contributed by atoms with Gasteiger partial charge in [0.2, 0.25) is 11.0 Å². The molecule has 2 aromatic rings. The smallest absolute Gasteiger partial charge is 0.237 e. The van der Waals surface area contributed by atoms with E-state index in [4.69, 9.17) is 4.52 Å². The lowest BCUT2D eigenvalue weighted by atomic mass is 10.0. The van der Waals surface area contributed by atoms with Crippen LogP contribution in [0.5, 0.6) is 0 Å². The van der Waals surface area contributed by atoms with E-state index in [9.17, 15) is 0 Å². The Kier molecular flexibility index (Phi) is 4.90. The highest BCUT2D eigenvalue weighted by Gasteiger charge is 2.16. The zero-order chi connectivity index (χ0) is 14.5. The van der Waals surface area contributed by atoms with Crippen LogP contribution in [0.1, 0.15) is 56.6 Å². The quantitative estimate of drug-likeness (QED) is 0.791. The lowest BCUT2D eigenvalue weighted by Gasteiger charge is -2.05. The minimum atomic E-state index is 0.618. The van der Waals surface area contributed by atoms with Crippen LogP contribution in [0.25, 0.3) is 0 Å². The maximum Gasteiger partial charge on any atom is 0.237 e. The van der Waals surface area contributed by atoms with E-state index >= 15 is 0 Å². The first-order chi connectivity index (χ1) is 10.3. The summed E-state index contributed by atoms with van der Waals surface area (Å²) in [6.07, 6.45) is 8.57. The molecule has 0 unspecified atom stereocenters. The van der Waals surface area contributed by atoms with Gasteiger partial charge in [-0.15, -0.1) is 5.10 Å². The molecule has 1 saturated carbocycles. The van der Waals surface area contributed by atoms with Crippen LogP contribution >= 0.6 is 11.8 Å². The first kappa shape index (κ1) is 14.6. The molecule has 2 heterocycles. The summed E-state index contributed by atoms with van der Waals surface area (Å²) in [5.41, 5.74) is 0. The van der Waals surface area contributed by atoms with Gasteiger partial charge in [-0.25, -0.2) is 4.98 Å². The molecule has 6 nitrogen and oxygen atoms in total. The van der Waals surface area contributed by atoms with E-state index in [1.807, 2.05) is 6.92 Å². The van der Waals surface area contributed by atoms with Gasteiger partial charge in [-0.2, -0.15) is 4.98 Å². The second-order valence-electron chi connectivity index (χ2n) is 5.50. The average Bonchev–Trinajstić information content (AvgIpc) is 3.24. The topological polar surface area (TPSA) is 80.5 Å². The maximum atomic E-state index is 5.15. The van der Waals surface area contributed by atoms with Gasteiger partial charge in [0.25, 0.3) is 0 Å². The van der Waals surface area contributed by atoms with E-state index in [2.05, 4.69) is 25.3 Å². The molecule has 7 heteroatoms. The van der Waals surface area contributed by atoms with Gasteiger partial charge in [0, 0.05) is 12.8 Å². The molecular formula is C14H21N5OS. The largest absolute Gasteiger partial charge is 0.338 e. The monoisotopic (exact) mass is 307 g/mol. The third kappa shape index (κ3) is 4.06. The number of aromatic amines is 1. The normalized spacial score (nSPS) is 15.9. The number of aromatic nitrogens is 5. The van der Waals surface area contributed by atoms with Gasteiger partial charge >= 0.3 is 0 Å². The molecular weight excluding hydrogens is 286 g/mol. The number of nitrogens with zero attached hydrogens (tertiary/aromatic N) is 4. The molecule has 114 valence electrons. The zero-order valence-corrected chi connectivity index (χ0v) is 13.2. The van der Waals surface area contributed by atoms with Crippen molar-refractivity contribution >= 4 is 11.8 Å². The van der Waals surface area contributed by atoms with Crippen LogP contribution in [0.15, 0.2) is 9.68 Å². The fourth-order valence-electron chi connectivity index (χ4n) is 2.71. The molecule has 0 saturated heterocycles. The molecule has 0 spiro atoms. The van der Waals surface area contributed by atoms with Gasteiger partial charge in [-0.3, -0.25) is 5.10 Å². The highest BCUT2D eigenvalue weighted by atomic mass is 32.2. The summed E-state index contributed by atoms with van der Waals surface area (Å²) in [7, 11) is 0. The summed E-state index contributed by atoms with van der Waals surface area (Å²) in [5, 5.41) is 11.9. The second kappa shape index (κ2) is 7.06. The van der Waals surface area contributed by atoms with Crippen molar-refractivity contribution in [3.05, 3.63) is 17.5 Å². The molecule has 0 radical (unpaired) electrons. The Labute approximate surface area is 128 Å². The number of nitrogens with one attached hydrogen (secondary N) is 1. The molecule has 0 atom stereocenters. The van der Waals surface area contributed by atoms with Crippen molar-refractivity contribution in [3.8, 4) is 0 Å². The first-order valence-corrected chi connectivity index (χ1v) is 8.67. The number of rotatable bonds is 7. The molecule has 1 N–H and O–H groups in total. The lowest BCUT2D eigenvalue weighted by molar-refractivity contribution is 0.385. The molecule has 0 bridgehead atoms. The summed E-state index contributed by atoms with van der Waals surface area (Å²) < 4.78 is 5.15. The lowest BCUT2D eigenvalue weighted by Crippen LogP contribution is -1.97. The molecule has 21 heavy (non-hydrogen) atoms. The molecule has 0 aromatic carbocycles. The molecule has 1 aliphatic rings. The van der Waals surface area contributed by atoms with Crippen LogP contribution in [-0.4, -0.2) is 25.3 Å². The van der Waals surface area contributed by atoms with E-state index in [1.54, 1.807) is 0 Å². The summed E-state index contributed by atoms with van der Waals surface area (Å²) in [5.74, 6) is 3.88. The van der Waals surface area contributed by atoms with Gasteiger partial charge in [0.1, 0.15) is 5.82 Å². The van der Waals surface area contributed by atoms with Crippen LogP contribution < -0.4 is 0 Å². The van der Waals surface area contributed by atoms with Crippen LogP contribution in [-0.2, 0) is 18.6 Å². The molecule has 0 aliphatic heterocycles. The predicted molar refractivity (Wildman–Crippen MR) is 79.9 cm³/mol. The highest BCUT2D eigenvalue weighted by Crippen LogP contribution is 2.28. The fraction of sp³-hybridized carbons (Fsp3) is 0.714. The predicted octanol–water partition coefficient (Wildman–Crippen LogP) is 3.17. The summed E-state index contributed by atoms with van der Waals surface area (Å²) in [4.78, 5) is 8.79. The van der Waals surface area contributed by atoms with Crippen LogP contribution in [0.2, 0.25) is 0 Å². The Balaban J connectivity index is 1.45. The van der Waals surface area contributed by atoms with Crippen molar-refractivity contribution in [3.63, 3.8) is 0 Å². The summed E-state index contributed by atoms with van der Waals surface area (Å²) in [6.45, 7) is 2.01. The fourth-order valence-corrected chi connectivity index (χ4v) is 3.37. The SMILES string of the molecule is CCc1noc(CSc2n[nH]c(CCC3CCCC3)n2)n1. The van der Waals surface area contributed by atoms with Gasteiger partial charge in [-0.1, -0.05) is 49.5 Å². The number of thioether (sulfide) groups is 1. The number of H-pyrrole nitrogens is 1. The van der Waals surface area contributed by atoms with Crippen LogP contribution in [0, 0.1) is 5.92 Å². The summed E-state index contributed by atoms with van der Waals surface area (Å²) in [6, 6.07) is 0. The van der Waals surface area contributed by atoms with E-state index in [1.165, 1.54) is 43.9 Å². The number of hydrogen-bond donors (Lipinski definition) is 1. The minimum absolute atomic E-state index is 0.618. The number of hydrogen-bond acceptors (Lipinski definition) is 6. The van der Waals surface area contributed by atoms with Gasteiger partial charge in [0.05, 0.1) is 5.75 Å². The minimum Gasteiger partial charge on any atom is -0.338 e. The highest BCUT2D eigenvalue weighted by molar-refractivity contribution is 7.98. The third-order valence-electron chi connectivity index (χ3n) is 3.93. The van der Waals surface area contributed by atoms with E-state index in [0.717, 1.165) is 35.6 Å². The molecule has 0 amide bonds. The van der Waals surface area contributed by atoms with Crippen LogP contribution in [0.3, 0.4) is 0 Å². The van der Waals surface area contributed by atoms with Crippen molar-refractivity contribution in [2.45, 2.75) is 62.8 Å². The van der Waals surface area contributed by atoms with Crippen molar-refractivity contribution in [1.82, 2.24) is 25.3 Å². The van der Waals surface area contributed by atoms with Crippen molar-refractivity contribution in [1.29, 1.82) is 0 Å². The molecule has 2 aromatic heterocycles. The van der Waals surface area contributed by atoms with Crippen molar-refractivity contribution in [2.24, 2.45) is 5.92 Å². The van der Waals surface area contributed by atoms with E-state index in [0.29, 0.717) is 11.6 Å². The molecule has 3 rings (SSSR count). The second-order valence-corrected chi connectivity index (χ2v) is 6.44. The van der Waals surface area contributed by atoms with Gasteiger partial charge < -0.3 is 4.52 Å². The van der Waals surface area contributed by atoms with Crippen molar-refractivity contribution in [2.75, 3.05) is 0 Å². The van der Waals surface area contributed by atoms with E-state index < -0.39 is 0 Å². The van der Waals surface area contributed by atoms with Crippen molar-refractivity contribution < 1.29 is 4.52 Å². The standard InChI is InChI=1S/C14H21N5OS/c1-2-11-15-13(20-19-11)9-21-14-16-12(17-18-14)8-7-10-5-3-4-6-10/h10H,2-9H2,1H3,(H,16,17,18). The number of aryl methyl sites for hydroxylation is 2. The average molecular weight is 307 g/mol. The van der Waals surface area contributed by atoms with E-state index in [-0.39, 0.29) is 0 Å². The van der Waals surface area contributed by atoms with Gasteiger partial charge in [0.15, 0.2) is 5.82 Å². The Bertz CT molecular complexity index is 561. The first-order valence-electron chi connectivity index (χ1n) is 7.69. The maximum absolute atomic E-state index is 5.15. The molecule has 1 fully saturated rings. The van der Waals surface area contributed by atoms with Gasteiger partial charge in [-0.05, 0) is 12.3 Å². The Morgan fingerprint density at radius 1 is 1.29 bits per heavy atom.